The molecule has 1 saturated heterocycles. The van der Waals surface area contributed by atoms with Gasteiger partial charge in [-0.1, -0.05) is 20.8 Å². The number of carbonyl (C=O) groups excluding carboxylic acids is 1. The number of rotatable bonds is 4. The summed E-state index contributed by atoms with van der Waals surface area (Å²) in [7, 11) is -3.27. The quantitative estimate of drug-likeness (QED) is 0.903. The van der Waals surface area contributed by atoms with Crippen molar-refractivity contribution in [2.75, 3.05) is 30.5 Å². The second kappa shape index (κ2) is 5.62. The van der Waals surface area contributed by atoms with E-state index in [-0.39, 0.29) is 30.3 Å². The van der Waals surface area contributed by atoms with E-state index in [1.54, 1.807) is 12.4 Å². The first-order valence-corrected chi connectivity index (χ1v) is 9.10. The van der Waals surface area contributed by atoms with Crippen LogP contribution in [-0.4, -0.2) is 44.5 Å². The van der Waals surface area contributed by atoms with Gasteiger partial charge in [0.1, 0.15) is 15.3 Å². The molecule has 1 amide bonds. The number of ether oxygens (including phenoxy) is 1. The van der Waals surface area contributed by atoms with Crippen molar-refractivity contribution in [3.8, 4) is 0 Å². The van der Waals surface area contributed by atoms with Crippen LogP contribution in [0.4, 0.5) is 5.69 Å². The standard InChI is InChI=1S/C15H22N2O4S/c1-14(2,3)11-5-12(7-16-6-11)17-13(18)15(8-21-9-15)10-22(4,19)20/h5-7H,8-10H2,1-4H3,(H,17,18). The van der Waals surface area contributed by atoms with Crippen molar-refractivity contribution >= 4 is 21.4 Å². The first-order chi connectivity index (χ1) is 10.0. The minimum absolute atomic E-state index is 0.0856. The third-order valence-electron chi connectivity index (χ3n) is 3.64. The largest absolute Gasteiger partial charge is 0.379 e. The average Bonchev–Trinajstić information content (AvgIpc) is 2.32. The third kappa shape index (κ3) is 3.84. The van der Waals surface area contributed by atoms with E-state index >= 15 is 0 Å². The predicted molar refractivity (Wildman–Crippen MR) is 84.5 cm³/mol. The number of pyridine rings is 1. The van der Waals surface area contributed by atoms with E-state index in [1.165, 1.54) is 0 Å². The molecule has 0 aliphatic carbocycles. The lowest BCUT2D eigenvalue weighted by molar-refractivity contribution is -0.151. The van der Waals surface area contributed by atoms with Crippen molar-refractivity contribution in [1.82, 2.24) is 4.98 Å². The summed E-state index contributed by atoms with van der Waals surface area (Å²) in [6, 6.07) is 1.86. The third-order valence-corrected chi connectivity index (χ3v) is 4.72. The molecular formula is C15H22N2O4S. The number of aromatic nitrogens is 1. The topological polar surface area (TPSA) is 85.4 Å². The number of hydrogen-bond donors (Lipinski definition) is 1. The molecule has 2 heterocycles. The number of sulfone groups is 1. The molecule has 0 aromatic carbocycles. The van der Waals surface area contributed by atoms with Crippen molar-refractivity contribution < 1.29 is 17.9 Å². The molecule has 1 aromatic heterocycles. The summed E-state index contributed by atoms with van der Waals surface area (Å²) in [6.45, 7) is 6.41. The summed E-state index contributed by atoms with van der Waals surface area (Å²) in [6.07, 6.45) is 4.44. The Morgan fingerprint density at radius 3 is 2.45 bits per heavy atom. The van der Waals surface area contributed by atoms with Crippen LogP contribution in [0.25, 0.3) is 0 Å². The van der Waals surface area contributed by atoms with Crippen molar-refractivity contribution in [2.24, 2.45) is 5.41 Å². The van der Waals surface area contributed by atoms with E-state index in [0.29, 0.717) is 5.69 Å². The Hall–Kier alpha value is -1.47. The summed E-state index contributed by atoms with van der Waals surface area (Å²) >= 11 is 0. The van der Waals surface area contributed by atoms with E-state index < -0.39 is 15.3 Å². The maximum atomic E-state index is 12.5. The molecule has 0 saturated carbocycles. The van der Waals surface area contributed by atoms with Crippen LogP contribution in [0.15, 0.2) is 18.5 Å². The van der Waals surface area contributed by atoms with E-state index in [4.69, 9.17) is 4.74 Å². The zero-order valence-corrected chi connectivity index (χ0v) is 14.2. The summed E-state index contributed by atoms with van der Waals surface area (Å²) in [5, 5.41) is 2.77. The molecule has 2 rings (SSSR count). The molecule has 6 nitrogen and oxygen atoms in total. The van der Waals surface area contributed by atoms with E-state index in [2.05, 4.69) is 31.1 Å². The Morgan fingerprint density at radius 2 is 2.00 bits per heavy atom. The van der Waals surface area contributed by atoms with Gasteiger partial charge in [0, 0.05) is 12.5 Å². The monoisotopic (exact) mass is 326 g/mol. The predicted octanol–water partition coefficient (Wildman–Crippen LogP) is 1.38. The van der Waals surface area contributed by atoms with Gasteiger partial charge in [-0.25, -0.2) is 8.42 Å². The van der Waals surface area contributed by atoms with Gasteiger partial charge in [-0.2, -0.15) is 0 Å². The van der Waals surface area contributed by atoms with Crippen LogP contribution in [0.3, 0.4) is 0 Å². The fraction of sp³-hybridized carbons (Fsp3) is 0.600. The lowest BCUT2D eigenvalue weighted by Crippen LogP contribution is -2.55. The minimum atomic E-state index is -3.27. The molecule has 0 spiro atoms. The maximum Gasteiger partial charge on any atom is 0.236 e. The average molecular weight is 326 g/mol. The SMILES string of the molecule is CC(C)(C)c1cncc(NC(=O)C2(CS(C)(=O)=O)COC2)c1. The number of carbonyl (C=O) groups is 1. The normalized spacial score (nSPS) is 17.6. The number of amides is 1. The second-order valence-electron chi connectivity index (χ2n) is 7.01. The first kappa shape index (κ1) is 16.9. The molecule has 1 N–H and O–H groups in total. The van der Waals surface area contributed by atoms with Crippen LogP contribution in [-0.2, 0) is 24.8 Å². The van der Waals surface area contributed by atoms with Crippen molar-refractivity contribution in [3.63, 3.8) is 0 Å². The molecule has 0 bridgehead atoms. The lowest BCUT2D eigenvalue weighted by atomic mass is 9.86. The van der Waals surface area contributed by atoms with Crippen molar-refractivity contribution in [3.05, 3.63) is 24.0 Å². The van der Waals surface area contributed by atoms with Gasteiger partial charge in [-0.15, -0.1) is 0 Å². The van der Waals surface area contributed by atoms with Gasteiger partial charge in [-0.3, -0.25) is 9.78 Å². The highest BCUT2D eigenvalue weighted by molar-refractivity contribution is 7.90. The fourth-order valence-corrected chi connectivity index (χ4v) is 3.61. The van der Waals surface area contributed by atoms with Gasteiger partial charge in [0.05, 0.1) is 30.9 Å². The summed E-state index contributed by atoms with van der Waals surface area (Å²) in [5.74, 6) is -0.546. The Kier molecular flexibility index (Phi) is 4.32. The van der Waals surface area contributed by atoms with Gasteiger partial charge in [0.2, 0.25) is 5.91 Å². The van der Waals surface area contributed by atoms with Gasteiger partial charge in [-0.05, 0) is 17.0 Å². The first-order valence-electron chi connectivity index (χ1n) is 7.04. The number of anilines is 1. The molecule has 0 unspecified atom stereocenters. The smallest absolute Gasteiger partial charge is 0.236 e. The van der Waals surface area contributed by atoms with Crippen molar-refractivity contribution in [2.45, 2.75) is 26.2 Å². The molecule has 0 radical (unpaired) electrons. The highest BCUT2D eigenvalue weighted by atomic mass is 32.2. The van der Waals surface area contributed by atoms with E-state index in [1.807, 2.05) is 6.07 Å². The lowest BCUT2D eigenvalue weighted by Gasteiger charge is -2.39. The molecule has 1 aliphatic heterocycles. The van der Waals surface area contributed by atoms with Crippen LogP contribution < -0.4 is 5.32 Å². The van der Waals surface area contributed by atoms with E-state index in [9.17, 15) is 13.2 Å². The Morgan fingerprint density at radius 1 is 1.36 bits per heavy atom. The molecular weight excluding hydrogens is 304 g/mol. The molecule has 22 heavy (non-hydrogen) atoms. The molecule has 1 aromatic rings. The minimum Gasteiger partial charge on any atom is -0.379 e. The second-order valence-corrected chi connectivity index (χ2v) is 9.15. The summed E-state index contributed by atoms with van der Waals surface area (Å²) < 4.78 is 28.1. The van der Waals surface area contributed by atoms with E-state index in [0.717, 1.165) is 11.8 Å². The Bertz CT molecular complexity index is 673. The highest BCUT2D eigenvalue weighted by Crippen LogP contribution is 2.31. The molecule has 0 atom stereocenters. The number of nitrogens with one attached hydrogen (secondary N) is 1. The number of hydrogen-bond acceptors (Lipinski definition) is 5. The highest BCUT2D eigenvalue weighted by Gasteiger charge is 2.48. The molecule has 1 fully saturated rings. The van der Waals surface area contributed by atoms with Crippen LogP contribution >= 0.6 is 0 Å². The van der Waals surface area contributed by atoms with Crippen LogP contribution in [0.1, 0.15) is 26.3 Å². The van der Waals surface area contributed by atoms with Crippen LogP contribution in [0.5, 0.6) is 0 Å². The Labute approximate surface area is 131 Å². The molecule has 122 valence electrons. The summed E-state index contributed by atoms with van der Waals surface area (Å²) in [5.41, 5.74) is 0.479. The van der Waals surface area contributed by atoms with Crippen molar-refractivity contribution in [1.29, 1.82) is 0 Å². The summed E-state index contributed by atoms with van der Waals surface area (Å²) in [4.78, 5) is 16.6. The fourth-order valence-electron chi connectivity index (χ4n) is 2.31. The zero-order chi connectivity index (χ0) is 16.6. The van der Waals surface area contributed by atoms with Crippen LogP contribution in [0.2, 0.25) is 0 Å². The molecule has 7 heteroatoms. The van der Waals surface area contributed by atoms with Gasteiger partial charge >= 0.3 is 0 Å². The van der Waals surface area contributed by atoms with Gasteiger partial charge < -0.3 is 10.1 Å². The Balaban J connectivity index is 2.18. The van der Waals surface area contributed by atoms with Gasteiger partial charge in [0.15, 0.2) is 0 Å². The number of nitrogens with zero attached hydrogens (tertiary/aromatic N) is 1. The molecule has 1 aliphatic rings. The van der Waals surface area contributed by atoms with Gasteiger partial charge in [0.25, 0.3) is 0 Å². The van der Waals surface area contributed by atoms with Crippen LogP contribution in [0, 0.1) is 5.41 Å². The maximum absolute atomic E-state index is 12.5. The zero-order valence-electron chi connectivity index (χ0n) is 13.3.